The van der Waals surface area contributed by atoms with Crippen LogP contribution in [0.4, 0.5) is 0 Å². The fourth-order valence-electron chi connectivity index (χ4n) is 1.55. The Kier molecular flexibility index (Phi) is 5.08. The van der Waals surface area contributed by atoms with Gasteiger partial charge in [-0.15, -0.1) is 5.10 Å². The van der Waals surface area contributed by atoms with Crippen molar-refractivity contribution in [1.29, 1.82) is 0 Å². The molecule has 0 bridgehead atoms. The number of hydrogen-bond acceptors (Lipinski definition) is 6. The lowest BCUT2D eigenvalue weighted by molar-refractivity contribution is 0.0697. The first-order valence-corrected chi connectivity index (χ1v) is 7.05. The molecule has 2 aromatic rings. The lowest BCUT2D eigenvalue weighted by Gasteiger charge is -2.04. The zero-order chi connectivity index (χ0) is 14.4. The number of carbonyl (C=O) groups is 1. The smallest absolute Gasteiger partial charge is 0.335 e. The number of carboxylic acids is 1. The summed E-state index contributed by atoms with van der Waals surface area (Å²) in [7, 11) is 1.88. The lowest BCUT2D eigenvalue weighted by atomic mass is 10.1. The number of thioether (sulfide) groups is 1. The van der Waals surface area contributed by atoms with Crippen LogP contribution in [0.1, 0.15) is 15.9 Å². The molecule has 20 heavy (non-hydrogen) atoms. The average Bonchev–Trinajstić information content (AvgIpc) is 2.90. The Bertz CT molecular complexity index is 569. The van der Waals surface area contributed by atoms with Gasteiger partial charge in [-0.2, -0.15) is 0 Å². The summed E-state index contributed by atoms with van der Waals surface area (Å²) in [5.41, 5.74) is 1.32. The summed E-state index contributed by atoms with van der Waals surface area (Å²) in [6.07, 6.45) is 0. The van der Waals surface area contributed by atoms with Gasteiger partial charge in [0.1, 0.15) is 0 Å². The van der Waals surface area contributed by atoms with E-state index >= 15 is 0 Å². The van der Waals surface area contributed by atoms with E-state index in [1.54, 1.807) is 28.9 Å². The summed E-state index contributed by atoms with van der Waals surface area (Å²) < 4.78 is 1.74. The summed E-state index contributed by atoms with van der Waals surface area (Å²) in [5, 5.41) is 24.2. The first-order chi connectivity index (χ1) is 9.70. The van der Waals surface area contributed by atoms with Crippen molar-refractivity contribution in [3.63, 3.8) is 0 Å². The number of benzene rings is 1. The van der Waals surface area contributed by atoms with Crippen LogP contribution in [0.5, 0.6) is 0 Å². The molecule has 7 nitrogen and oxygen atoms in total. The van der Waals surface area contributed by atoms with Crippen LogP contribution in [0.25, 0.3) is 0 Å². The van der Waals surface area contributed by atoms with Crippen molar-refractivity contribution in [3.8, 4) is 0 Å². The second kappa shape index (κ2) is 7.01. The van der Waals surface area contributed by atoms with Crippen LogP contribution in [0.15, 0.2) is 29.4 Å². The Morgan fingerprint density at radius 3 is 2.80 bits per heavy atom. The van der Waals surface area contributed by atoms with E-state index in [0.717, 1.165) is 17.3 Å². The Balaban J connectivity index is 1.94. The molecular weight excluding hydrogens is 278 g/mol. The summed E-state index contributed by atoms with van der Waals surface area (Å²) in [5.74, 6) is -0.222. The van der Waals surface area contributed by atoms with Gasteiger partial charge >= 0.3 is 5.97 Å². The Morgan fingerprint density at radius 1 is 1.40 bits per heavy atom. The minimum absolute atomic E-state index is 0.289. The molecular formula is C12H15N5O2S. The molecule has 0 saturated carbocycles. The molecule has 0 aliphatic rings. The molecule has 1 aromatic heterocycles. The number of carboxylic acid groups (broad SMARTS) is 1. The molecule has 2 N–H and O–H groups in total. The number of nitrogens with zero attached hydrogens (tertiary/aromatic N) is 4. The van der Waals surface area contributed by atoms with Gasteiger partial charge in [0, 0.05) is 12.3 Å². The molecule has 0 radical (unpaired) electrons. The molecule has 0 spiro atoms. The summed E-state index contributed by atoms with van der Waals surface area (Å²) in [6, 6.07) is 6.81. The van der Waals surface area contributed by atoms with Crippen LogP contribution < -0.4 is 5.32 Å². The highest BCUT2D eigenvalue weighted by Crippen LogP contribution is 2.20. The van der Waals surface area contributed by atoms with Crippen LogP contribution >= 0.6 is 11.8 Å². The number of aromatic carboxylic acids is 1. The van der Waals surface area contributed by atoms with Crippen molar-refractivity contribution in [3.05, 3.63) is 35.4 Å². The molecule has 0 fully saturated rings. The SMILES string of the molecule is CNCCn1nnnc1SCc1ccc(C(=O)O)cc1. The summed E-state index contributed by atoms with van der Waals surface area (Å²) in [4.78, 5) is 10.8. The molecule has 0 saturated heterocycles. The van der Waals surface area contributed by atoms with Gasteiger partial charge in [-0.05, 0) is 35.2 Å². The van der Waals surface area contributed by atoms with E-state index in [1.165, 1.54) is 11.8 Å². The maximum atomic E-state index is 10.8. The van der Waals surface area contributed by atoms with Crippen molar-refractivity contribution in [2.24, 2.45) is 0 Å². The predicted molar refractivity (Wildman–Crippen MR) is 74.7 cm³/mol. The first kappa shape index (κ1) is 14.5. The van der Waals surface area contributed by atoms with Gasteiger partial charge in [0.05, 0.1) is 12.1 Å². The zero-order valence-electron chi connectivity index (χ0n) is 11.0. The Hall–Kier alpha value is -1.93. The molecule has 0 unspecified atom stereocenters. The standard InChI is InChI=1S/C12H15N5O2S/c1-13-6-7-17-12(14-15-16-17)20-8-9-2-4-10(5-3-9)11(18)19/h2-5,13H,6-8H2,1H3,(H,18,19). The highest BCUT2D eigenvalue weighted by atomic mass is 32.2. The van der Waals surface area contributed by atoms with Crippen LogP contribution in [0.2, 0.25) is 0 Å². The lowest BCUT2D eigenvalue weighted by Crippen LogP contribution is -2.16. The zero-order valence-corrected chi connectivity index (χ0v) is 11.8. The van der Waals surface area contributed by atoms with Crippen LogP contribution in [-0.2, 0) is 12.3 Å². The molecule has 2 rings (SSSR count). The van der Waals surface area contributed by atoms with E-state index in [4.69, 9.17) is 5.11 Å². The largest absolute Gasteiger partial charge is 0.478 e. The van der Waals surface area contributed by atoms with Gasteiger partial charge < -0.3 is 10.4 Å². The Morgan fingerprint density at radius 2 is 2.15 bits per heavy atom. The van der Waals surface area contributed by atoms with Crippen LogP contribution in [-0.4, -0.2) is 44.9 Å². The molecule has 1 heterocycles. The quantitative estimate of drug-likeness (QED) is 0.732. The third-order valence-corrected chi connectivity index (χ3v) is 3.67. The maximum absolute atomic E-state index is 10.8. The second-order valence-electron chi connectivity index (χ2n) is 4.08. The number of nitrogens with one attached hydrogen (secondary N) is 1. The third kappa shape index (κ3) is 3.78. The molecule has 8 heteroatoms. The molecule has 0 atom stereocenters. The van der Waals surface area contributed by atoms with E-state index in [2.05, 4.69) is 20.8 Å². The number of aromatic nitrogens is 4. The van der Waals surface area contributed by atoms with Gasteiger partial charge in [0.25, 0.3) is 0 Å². The molecule has 106 valence electrons. The molecule has 1 aromatic carbocycles. The van der Waals surface area contributed by atoms with Gasteiger partial charge in [-0.3, -0.25) is 0 Å². The van der Waals surface area contributed by atoms with Gasteiger partial charge in [-0.25, -0.2) is 9.48 Å². The van der Waals surface area contributed by atoms with E-state index in [0.29, 0.717) is 12.3 Å². The van der Waals surface area contributed by atoms with E-state index in [1.807, 2.05) is 7.05 Å². The second-order valence-corrected chi connectivity index (χ2v) is 5.02. The predicted octanol–water partition coefficient (Wildman–Crippen LogP) is 0.883. The Labute approximate surface area is 120 Å². The fourth-order valence-corrected chi connectivity index (χ4v) is 2.41. The normalized spacial score (nSPS) is 10.7. The summed E-state index contributed by atoms with van der Waals surface area (Å²) in [6.45, 7) is 1.51. The van der Waals surface area contributed by atoms with Crippen molar-refractivity contribution in [2.45, 2.75) is 17.5 Å². The maximum Gasteiger partial charge on any atom is 0.335 e. The number of likely N-dealkylation sites (N-methyl/N-ethyl adjacent to an activating group) is 1. The van der Waals surface area contributed by atoms with Gasteiger partial charge in [-0.1, -0.05) is 23.9 Å². The topological polar surface area (TPSA) is 92.9 Å². The summed E-state index contributed by atoms with van der Waals surface area (Å²) >= 11 is 1.52. The van der Waals surface area contributed by atoms with Crippen molar-refractivity contribution in [2.75, 3.05) is 13.6 Å². The van der Waals surface area contributed by atoms with E-state index in [-0.39, 0.29) is 5.56 Å². The first-order valence-electron chi connectivity index (χ1n) is 6.06. The average molecular weight is 293 g/mol. The van der Waals surface area contributed by atoms with Gasteiger partial charge in [0.2, 0.25) is 5.16 Å². The van der Waals surface area contributed by atoms with Crippen LogP contribution in [0, 0.1) is 0 Å². The fraction of sp³-hybridized carbons (Fsp3) is 0.333. The monoisotopic (exact) mass is 293 g/mol. The molecule has 0 aliphatic carbocycles. The number of tetrazole rings is 1. The molecule has 0 amide bonds. The number of rotatable bonds is 7. The highest BCUT2D eigenvalue weighted by molar-refractivity contribution is 7.98. The van der Waals surface area contributed by atoms with Crippen molar-refractivity contribution >= 4 is 17.7 Å². The number of hydrogen-bond donors (Lipinski definition) is 2. The van der Waals surface area contributed by atoms with Gasteiger partial charge in [0.15, 0.2) is 0 Å². The minimum atomic E-state index is -0.916. The van der Waals surface area contributed by atoms with E-state index in [9.17, 15) is 4.79 Å². The van der Waals surface area contributed by atoms with Crippen molar-refractivity contribution < 1.29 is 9.90 Å². The molecule has 0 aliphatic heterocycles. The van der Waals surface area contributed by atoms with E-state index < -0.39 is 5.97 Å². The highest BCUT2D eigenvalue weighted by Gasteiger charge is 2.07. The van der Waals surface area contributed by atoms with Crippen molar-refractivity contribution in [1.82, 2.24) is 25.5 Å². The van der Waals surface area contributed by atoms with Crippen LogP contribution in [0.3, 0.4) is 0 Å². The minimum Gasteiger partial charge on any atom is -0.478 e. The third-order valence-electron chi connectivity index (χ3n) is 2.64.